The van der Waals surface area contributed by atoms with Crippen molar-refractivity contribution in [1.82, 2.24) is 5.32 Å². The summed E-state index contributed by atoms with van der Waals surface area (Å²) in [5, 5.41) is 11.9. The molecule has 2 fully saturated rings. The Kier molecular flexibility index (Phi) is 0.952. The molecule has 2 heteroatoms. The number of nitrogens with zero attached hydrogens (tertiary/aromatic N) is 1. The van der Waals surface area contributed by atoms with Gasteiger partial charge in [-0.3, -0.25) is 0 Å². The van der Waals surface area contributed by atoms with Crippen LogP contribution in [0.3, 0.4) is 0 Å². The van der Waals surface area contributed by atoms with Crippen molar-refractivity contribution in [3.8, 4) is 6.07 Å². The topological polar surface area (TPSA) is 35.8 Å². The molecule has 0 amide bonds. The van der Waals surface area contributed by atoms with Gasteiger partial charge in [0.05, 0.1) is 12.1 Å². The van der Waals surface area contributed by atoms with Crippen molar-refractivity contribution in [2.24, 2.45) is 17.3 Å². The maximum Gasteiger partial charge on any atom is 0.0990 e. The Morgan fingerprint density at radius 2 is 2.30 bits per heavy atom. The molecular weight excluding hydrogens is 124 g/mol. The molecule has 2 aliphatic rings. The van der Waals surface area contributed by atoms with Crippen LogP contribution >= 0.6 is 0 Å². The SMILES string of the molecule is CC1(C)[C@@H]2[C@H](C#N)NC[C@@H]21. The molecule has 10 heavy (non-hydrogen) atoms. The van der Waals surface area contributed by atoms with Crippen molar-refractivity contribution < 1.29 is 0 Å². The van der Waals surface area contributed by atoms with Crippen LogP contribution in [-0.2, 0) is 0 Å². The Balaban J connectivity index is 2.16. The zero-order valence-electron chi connectivity index (χ0n) is 6.39. The molecule has 0 aromatic heterocycles. The molecule has 3 atom stereocenters. The van der Waals surface area contributed by atoms with E-state index in [0.717, 1.165) is 12.5 Å². The molecule has 1 N–H and O–H groups in total. The maximum absolute atomic E-state index is 8.68. The van der Waals surface area contributed by atoms with Crippen molar-refractivity contribution in [3.63, 3.8) is 0 Å². The van der Waals surface area contributed by atoms with Gasteiger partial charge in [-0.1, -0.05) is 13.8 Å². The summed E-state index contributed by atoms with van der Waals surface area (Å²) in [5.74, 6) is 1.41. The average molecular weight is 136 g/mol. The van der Waals surface area contributed by atoms with Gasteiger partial charge in [0.15, 0.2) is 0 Å². The molecule has 1 aliphatic heterocycles. The maximum atomic E-state index is 8.68. The van der Waals surface area contributed by atoms with E-state index in [1.165, 1.54) is 0 Å². The third kappa shape index (κ3) is 0.518. The summed E-state index contributed by atoms with van der Waals surface area (Å²) in [7, 11) is 0. The molecular formula is C8H12N2. The summed E-state index contributed by atoms with van der Waals surface area (Å²) in [6.45, 7) is 5.57. The second-order valence-electron chi connectivity index (χ2n) is 3.97. The molecule has 54 valence electrons. The van der Waals surface area contributed by atoms with Crippen LogP contribution in [0.15, 0.2) is 0 Å². The van der Waals surface area contributed by atoms with Crippen molar-refractivity contribution in [3.05, 3.63) is 0 Å². The predicted octanol–water partition coefficient (Wildman–Crippen LogP) is 0.754. The van der Waals surface area contributed by atoms with Gasteiger partial charge in [-0.05, 0) is 17.3 Å². The zero-order valence-corrected chi connectivity index (χ0v) is 6.39. The predicted molar refractivity (Wildman–Crippen MR) is 38.2 cm³/mol. The quantitative estimate of drug-likeness (QED) is 0.533. The number of piperidine rings is 1. The van der Waals surface area contributed by atoms with E-state index in [1.54, 1.807) is 0 Å². The highest BCUT2D eigenvalue weighted by molar-refractivity contribution is 5.20. The summed E-state index contributed by atoms with van der Waals surface area (Å²) >= 11 is 0. The fourth-order valence-corrected chi connectivity index (χ4v) is 2.35. The second kappa shape index (κ2) is 1.54. The summed E-state index contributed by atoms with van der Waals surface area (Å²) < 4.78 is 0. The first kappa shape index (κ1) is 6.18. The molecule has 2 rings (SSSR count). The first-order valence-corrected chi connectivity index (χ1v) is 3.81. The number of hydrogen-bond donors (Lipinski definition) is 1. The molecule has 1 aliphatic carbocycles. The average Bonchev–Trinajstić information content (AvgIpc) is 2.28. The highest BCUT2D eigenvalue weighted by Gasteiger charge is 2.64. The Bertz CT molecular complexity index is 202. The standard InChI is InChI=1S/C8H12N2/c1-8(2)5-4-10-6(3-9)7(5)8/h5-7,10H,4H2,1-2H3/t5-,6-,7-/m0/s1. The zero-order chi connectivity index (χ0) is 7.35. The van der Waals surface area contributed by atoms with Crippen LogP contribution in [0.1, 0.15) is 13.8 Å². The Hall–Kier alpha value is -0.550. The summed E-state index contributed by atoms with van der Waals surface area (Å²) in [6.07, 6.45) is 0. The Morgan fingerprint density at radius 3 is 2.60 bits per heavy atom. The normalized spacial score (nSPS) is 47.9. The Morgan fingerprint density at radius 1 is 1.60 bits per heavy atom. The highest BCUT2D eigenvalue weighted by Crippen LogP contribution is 2.62. The third-order valence-corrected chi connectivity index (χ3v) is 3.20. The van der Waals surface area contributed by atoms with Gasteiger partial charge in [-0.2, -0.15) is 5.26 Å². The van der Waals surface area contributed by atoms with Gasteiger partial charge in [0.1, 0.15) is 0 Å². The van der Waals surface area contributed by atoms with Crippen molar-refractivity contribution in [1.29, 1.82) is 5.26 Å². The first-order valence-electron chi connectivity index (χ1n) is 3.81. The molecule has 1 saturated carbocycles. The van der Waals surface area contributed by atoms with E-state index in [2.05, 4.69) is 25.2 Å². The number of hydrogen-bond acceptors (Lipinski definition) is 2. The monoisotopic (exact) mass is 136 g/mol. The lowest BCUT2D eigenvalue weighted by Crippen LogP contribution is -2.28. The minimum atomic E-state index is 0.139. The van der Waals surface area contributed by atoms with Crippen LogP contribution in [0, 0.1) is 28.6 Å². The lowest BCUT2D eigenvalue weighted by molar-refractivity contribution is 0.442. The first-order chi connectivity index (χ1) is 4.68. The van der Waals surface area contributed by atoms with Crippen molar-refractivity contribution in [2.45, 2.75) is 19.9 Å². The number of rotatable bonds is 0. The summed E-state index contributed by atoms with van der Waals surface area (Å²) in [6, 6.07) is 2.44. The molecule has 0 radical (unpaired) electrons. The van der Waals surface area contributed by atoms with Crippen LogP contribution in [0.4, 0.5) is 0 Å². The smallest absolute Gasteiger partial charge is 0.0990 e. The van der Waals surface area contributed by atoms with E-state index in [1.807, 2.05) is 0 Å². The van der Waals surface area contributed by atoms with Gasteiger partial charge in [-0.15, -0.1) is 0 Å². The molecule has 0 aromatic rings. The van der Waals surface area contributed by atoms with Crippen LogP contribution in [0.2, 0.25) is 0 Å². The van der Waals surface area contributed by atoms with E-state index in [4.69, 9.17) is 5.26 Å². The van der Waals surface area contributed by atoms with Crippen molar-refractivity contribution >= 4 is 0 Å². The van der Waals surface area contributed by atoms with Crippen LogP contribution in [-0.4, -0.2) is 12.6 Å². The molecule has 0 unspecified atom stereocenters. The fraction of sp³-hybridized carbons (Fsp3) is 0.875. The number of nitriles is 1. The van der Waals surface area contributed by atoms with Gasteiger partial charge in [-0.25, -0.2) is 0 Å². The minimum absolute atomic E-state index is 0.139. The van der Waals surface area contributed by atoms with Gasteiger partial charge in [0.2, 0.25) is 0 Å². The van der Waals surface area contributed by atoms with Gasteiger partial charge < -0.3 is 5.32 Å². The number of nitrogens with one attached hydrogen (secondary N) is 1. The van der Waals surface area contributed by atoms with E-state index in [0.29, 0.717) is 11.3 Å². The van der Waals surface area contributed by atoms with Gasteiger partial charge in [0.25, 0.3) is 0 Å². The van der Waals surface area contributed by atoms with Gasteiger partial charge >= 0.3 is 0 Å². The minimum Gasteiger partial charge on any atom is -0.301 e. The van der Waals surface area contributed by atoms with E-state index >= 15 is 0 Å². The third-order valence-electron chi connectivity index (χ3n) is 3.20. The summed E-state index contributed by atoms with van der Waals surface area (Å²) in [5.41, 5.74) is 0.450. The van der Waals surface area contributed by atoms with Crippen LogP contribution < -0.4 is 5.32 Å². The fourth-order valence-electron chi connectivity index (χ4n) is 2.35. The van der Waals surface area contributed by atoms with Gasteiger partial charge in [0, 0.05) is 6.54 Å². The van der Waals surface area contributed by atoms with Crippen molar-refractivity contribution in [2.75, 3.05) is 6.54 Å². The molecule has 0 spiro atoms. The lowest BCUT2D eigenvalue weighted by atomic mass is 10.0. The van der Waals surface area contributed by atoms with Crippen LogP contribution in [0.25, 0.3) is 0 Å². The molecule has 1 heterocycles. The molecule has 0 bridgehead atoms. The lowest BCUT2D eigenvalue weighted by Gasteiger charge is -2.11. The molecule has 2 nitrogen and oxygen atoms in total. The largest absolute Gasteiger partial charge is 0.301 e. The van der Waals surface area contributed by atoms with E-state index < -0.39 is 0 Å². The highest BCUT2D eigenvalue weighted by atomic mass is 15.0. The Labute approximate surface area is 61.2 Å². The molecule has 1 saturated heterocycles. The molecule has 0 aromatic carbocycles. The number of fused-ring (bicyclic) bond motifs is 1. The summed E-state index contributed by atoms with van der Waals surface area (Å²) in [4.78, 5) is 0. The second-order valence-corrected chi connectivity index (χ2v) is 3.97. The van der Waals surface area contributed by atoms with E-state index in [-0.39, 0.29) is 6.04 Å². The van der Waals surface area contributed by atoms with Crippen LogP contribution in [0.5, 0.6) is 0 Å². The van der Waals surface area contributed by atoms with E-state index in [9.17, 15) is 0 Å².